The SMILES string of the molecule is O=C(c1cccc(S(=O)(=O)N2CC3CC3C2)c1)N1CC2(CCCCC2)c2cc(Br)ccc21. The fourth-order valence-electron chi connectivity index (χ4n) is 6.12. The van der Waals surface area contributed by atoms with Crippen LogP contribution >= 0.6 is 15.9 Å². The first-order valence-electron chi connectivity index (χ1n) is 11.6. The smallest absolute Gasteiger partial charge is 0.258 e. The van der Waals surface area contributed by atoms with E-state index in [-0.39, 0.29) is 16.2 Å². The van der Waals surface area contributed by atoms with Crippen molar-refractivity contribution >= 4 is 37.5 Å². The first-order chi connectivity index (χ1) is 15.4. The van der Waals surface area contributed by atoms with Gasteiger partial charge in [-0.25, -0.2) is 8.42 Å². The maximum atomic E-state index is 13.7. The van der Waals surface area contributed by atoms with E-state index < -0.39 is 10.0 Å². The highest BCUT2D eigenvalue weighted by Gasteiger charge is 2.49. The molecule has 7 heteroatoms. The number of hydrogen-bond donors (Lipinski definition) is 0. The number of rotatable bonds is 3. The van der Waals surface area contributed by atoms with Crippen molar-refractivity contribution in [1.82, 2.24) is 4.31 Å². The number of piperidine rings is 1. The van der Waals surface area contributed by atoms with Gasteiger partial charge >= 0.3 is 0 Å². The number of fused-ring (bicyclic) bond motifs is 3. The van der Waals surface area contributed by atoms with Gasteiger partial charge in [-0.2, -0.15) is 4.31 Å². The van der Waals surface area contributed by atoms with Crippen molar-refractivity contribution in [2.45, 2.75) is 48.8 Å². The molecule has 2 atom stereocenters. The van der Waals surface area contributed by atoms with Crippen LogP contribution in [0.3, 0.4) is 0 Å². The molecule has 2 saturated carbocycles. The third kappa shape index (κ3) is 3.27. The molecule has 3 fully saturated rings. The van der Waals surface area contributed by atoms with Gasteiger partial charge in [-0.15, -0.1) is 0 Å². The van der Waals surface area contributed by atoms with Crippen LogP contribution in [0.4, 0.5) is 5.69 Å². The van der Waals surface area contributed by atoms with Gasteiger partial charge in [-0.1, -0.05) is 41.3 Å². The molecule has 1 saturated heterocycles. The lowest BCUT2D eigenvalue weighted by Gasteiger charge is -2.34. The molecule has 2 heterocycles. The molecule has 32 heavy (non-hydrogen) atoms. The van der Waals surface area contributed by atoms with Crippen LogP contribution in [0.15, 0.2) is 51.8 Å². The molecule has 0 aromatic heterocycles. The van der Waals surface area contributed by atoms with E-state index in [2.05, 4.69) is 22.0 Å². The molecule has 0 N–H and O–H groups in total. The Morgan fingerprint density at radius 2 is 1.75 bits per heavy atom. The lowest BCUT2D eigenvalue weighted by molar-refractivity contribution is 0.0982. The van der Waals surface area contributed by atoms with Crippen molar-refractivity contribution in [3.63, 3.8) is 0 Å². The van der Waals surface area contributed by atoms with Gasteiger partial charge in [0.25, 0.3) is 5.91 Å². The van der Waals surface area contributed by atoms with E-state index in [4.69, 9.17) is 0 Å². The van der Waals surface area contributed by atoms with Crippen LogP contribution in [-0.4, -0.2) is 38.3 Å². The Morgan fingerprint density at radius 1 is 1.00 bits per heavy atom. The average Bonchev–Trinajstić information content (AvgIpc) is 3.30. The topological polar surface area (TPSA) is 57.7 Å². The van der Waals surface area contributed by atoms with Gasteiger partial charge in [-0.05, 0) is 73.1 Å². The standard InChI is InChI=1S/C25H27BrN2O3S/c26-20-7-8-23-22(13-20)25(9-2-1-3-10-25)16-28(23)24(29)17-5-4-6-21(12-17)32(30,31)27-14-18-11-19(18)15-27/h4-8,12-13,18-19H,1-3,9-11,14-16H2. The minimum Gasteiger partial charge on any atom is -0.307 e. The molecule has 2 aromatic rings. The summed E-state index contributed by atoms with van der Waals surface area (Å²) in [5, 5.41) is 0. The van der Waals surface area contributed by atoms with Gasteiger partial charge in [0.2, 0.25) is 10.0 Å². The van der Waals surface area contributed by atoms with Crippen LogP contribution in [0.2, 0.25) is 0 Å². The van der Waals surface area contributed by atoms with Gasteiger partial charge in [0.05, 0.1) is 4.90 Å². The summed E-state index contributed by atoms with van der Waals surface area (Å²) in [7, 11) is -3.56. The lowest BCUT2D eigenvalue weighted by Crippen LogP contribution is -2.38. The van der Waals surface area contributed by atoms with Gasteiger partial charge < -0.3 is 4.90 Å². The molecule has 4 aliphatic rings. The van der Waals surface area contributed by atoms with Crippen molar-refractivity contribution in [2.24, 2.45) is 11.8 Å². The second-order valence-corrected chi connectivity index (χ2v) is 12.9. The number of amides is 1. The van der Waals surface area contributed by atoms with E-state index in [0.29, 0.717) is 37.0 Å². The second-order valence-electron chi connectivity index (χ2n) is 10.00. The first kappa shape index (κ1) is 20.9. The molecule has 5 nitrogen and oxygen atoms in total. The van der Waals surface area contributed by atoms with E-state index in [1.165, 1.54) is 24.8 Å². The van der Waals surface area contributed by atoms with E-state index in [1.807, 2.05) is 17.0 Å². The molecule has 0 bridgehead atoms. The maximum Gasteiger partial charge on any atom is 0.258 e. The van der Waals surface area contributed by atoms with E-state index in [0.717, 1.165) is 29.4 Å². The predicted octanol–water partition coefficient (Wildman–Crippen LogP) is 4.95. The Labute approximate surface area is 198 Å². The molecular formula is C25H27BrN2O3S. The number of hydrogen-bond acceptors (Lipinski definition) is 3. The van der Waals surface area contributed by atoms with E-state index in [1.54, 1.807) is 28.6 Å². The lowest BCUT2D eigenvalue weighted by atomic mass is 9.71. The molecule has 1 spiro atoms. The zero-order valence-electron chi connectivity index (χ0n) is 18.0. The summed E-state index contributed by atoms with van der Waals surface area (Å²) in [5.74, 6) is 0.945. The van der Waals surface area contributed by atoms with Gasteiger partial charge in [0.1, 0.15) is 0 Å². The maximum absolute atomic E-state index is 13.7. The zero-order chi connectivity index (χ0) is 22.1. The number of benzene rings is 2. The highest BCUT2D eigenvalue weighted by molar-refractivity contribution is 9.10. The average molecular weight is 515 g/mol. The van der Waals surface area contributed by atoms with Crippen molar-refractivity contribution in [3.05, 3.63) is 58.1 Å². The van der Waals surface area contributed by atoms with Crippen LogP contribution < -0.4 is 4.90 Å². The van der Waals surface area contributed by atoms with Gasteiger partial charge in [0.15, 0.2) is 0 Å². The number of sulfonamides is 1. The van der Waals surface area contributed by atoms with Crippen LogP contribution in [0.25, 0.3) is 0 Å². The second kappa shape index (κ2) is 7.40. The molecule has 168 valence electrons. The fourth-order valence-corrected chi connectivity index (χ4v) is 8.09. The number of carbonyl (C=O) groups is 1. The number of halogens is 1. The molecule has 2 aromatic carbocycles. The molecule has 2 aliphatic carbocycles. The Morgan fingerprint density at radius 3 is 2.50 bits per heavy atom. The summed E-state index contributed by atoms with van der Waals surface area (Å²) < 4.78 is 29.0. The zero-order valence-corrected chi connectivity index (χ0v) is 20.4. The minimum atomic E-state index is -3.56. The fraction of sp³-hybridized carbons (Fsp3) is 0.480. The molecule has 2 unspecified atom stereocenters. The minimum absolute atomic E-state index is 0.00723. The molecule has 1 amide bonds. The molecule has 2 aliphatic heterocycles. The summed E-state index contributed by atoms with van der Waals surface area (Å²) in [4.78, 5) is 15.8. The number of nitrogens with zero attached hydrogens (tertiary/aromatic N) is 2. The van der Waals surface area contributed by atoms with Gasteiger partial charge in [-0.3, -0.25) is 4.79 Å². The quantitative estimate of drug-likeness (QED) is 0.581. The summed E-state index contributed by atoms with van der Waals surface area (Å²) >= 11 is 3.61. The molecule has 0 radical (unpaired) electrons. The third-order valence-corrected chi connectivity index (χ3v) is 10.3. The Bertz CT molecular complexity index is 1200. The summed E-state index contributed by atoms with van der Waals surface area (Å²) in [6, 6.07) is 12.8. The van der Waals surface area contributed by atoms with E-state index >= 15 is 0 Å². The van der Waals surface area contributed by atoms with Crippen molar-refractivity contribution in [1.29, 1.82) is 0 Å². The summed E-state index contributed by atoms with van der Waals surface area (Å²) in [6.07, 6.45) is 6.94. The normalized spacial score (nSPS) is 26.2. The predicted molar refractivity (Wildman–Crippen MR) is 127 cm³/mol. The molecule has 6 rings (SSSR count). The summed E-state index contributed by atoms with van der Waals surface area (Å²) in [6.45, 7) is 1.90. The largest absolute Gasteiger partial charge is 0.307 e. The Balaban J connectivity index is 1.33. The van der Waals surface area contributed by atoms with Crippen LogP contribution in [0.5, 0.6) is 0 Å². The van der Waals surface area contributed by atoms with Crippen molar-refractivity contribution in [2.75, 3.05) is 24.5 Å². The molecular weight excluding hydrogens is 488 g/mol. The van der Waals surface area contributed by atoms with Crippen LogP contribution in [-0.2, 0) is 15.4 Å². The summed E-state index contributed by atoms with van der Waals surface area (Å²) in [5.41, 5.74) is 2.66. The Hall–Kier alpha value is -1.70. The van der Waals surface area contributed by atoms with Crippen LogP contribution in [0.1, 0.15) is 54.4 Å². The van der Waals surface area contributed by atoms with Crippen molar-refractivity contribution < 1.29 is 13.2 Å². The Kier molecular flexibility index (Phi) is 4.83. The van der Waals surface area contributed by atoms with Crippen molar-refractivity contribution in [3.8, 4) is 0 Å². The highest BCUT2D eigenvalue weighted by Crippen LogP contribution is 2.50. The van der Waals surface area contributed by atoms with Crippen LogP contribution in [0, 0.1) is 11.8 Å². The van der Waals surface area contributed by atoms with Gasteiger partial charge in [0, 0.05) is 40.8 Å². The monoisotopic (exact) mass is 514 g/mol. The first-order valence-corrected chi connectivity index (χ1v) is 13.8. The van der Waals surface area contributed by atoms with E-state index in [9.17, 15) is 13.2 Å². The highest BCUT2D eigenvalue weighted by atomic mass is 79.9. The number of anilines is 1. The third-order valence-electron chi connectivity index (χ3n) is 8.00. The number of carbonyl (C=O) groups excluding carboxylic acids is 1.